The number of Topliss-reactive ketones (excluding diaryl/α,β-unsaturated/α-hetero) is 1. The smallest absolute Gasteiger partial charge is 0.345 e. The molecule has 0 aromatic carbocycles. The Morgan fingerprint density at radius 1 is 1.20 bits per heavy atom. The Kier molecular flexibility index (Phi) is 5.97. The summed E-state index contributed by atoms with van der Waals surface area (Å²) >= 11 is 2.96. The first-order chi connectivity index (χ1) is 9.23. The van der Waals surface area contributed by atoms with Crippen LogP contribution in [-0.2, 0) is 9.59 Å². The highest BCUT2D eigenvalue weighted by Gasteiger charge is 2.51. The molecule has 3 nitrogen and oxygen atoms in total. The lowest BCUT2D eigenvalue weighted by Gasteiger charge is -2.38. The summed E-state index contributed by atoms with van der Waals surface area (Å²) in [6.45, 7) is 0. The maximum atomic E-state index is 13.0. The fraction of sp³-hybridized carbons (Fsp3) is 0.833. The Labute approximate surface area is 122 Å². The van der Waals surface area contributed by atoms with E-state index in [9.17, 15) is 27.2 Å². The SMILES string of the molecule is O=C(CBr)CC1(NC(=O)C(F)(F)C(F)F)CCCCC1. The third-order valence-corrected chi connectivity index (χ3v) is 4.08. The van der Waals surface area contributed by atoms with Crippen molar-refractivity contribution in [2.24, 2.45) is 0 Å². The number of carbonyl (C=O) groups excluding carboxylic acids is 2. The summed E-state index contributed by atoms with van der Waals surface area (Å²) in [5, 5.41) is 2.05. The van der Waals surface area contributed by atoms with E-state index in [0.717, 1.165) is 6.42 Å². The molecule has 1 amide bonds. The molecule has 0 saturated heterocycles. The average Bonchev–Trinajstić information content (AvgIpc) is 2.39. The van der Waals surface area contributed by atoms with Gasteiger partial charge in [-0.15, -0.1) is 0 Å². The number of hydrogen-bond donors (Lipinski definition) is 1. The van der Waals surface area contributed by atoms with Crippen molar-refractivity contribution in [3.63, 3.8) is 0 Å². The van der Waals surface area contributed by atoms with Gasteiger partial charge in [0.25, 0.3) is 5.91 Å². The molecule has 1 fully saturated rings. The van der Waals surface area contributed by atoms with Gasteiger partial charge in [-0.25, -0.2) is 8.78 Å². The van der Waals surface area contributed by atoms with Crippen LogP contribution in [0.15, 0.2) is 0 Å². The molecule has 1 rings (SSSR count). The predicted octanol–water partition coefficient (Wildman–Crippen LogP) is 3.06. The highest BCUT2D eigenvalue weighted by atomic mass is 79.9. The second-order valence-corrected chi connectivity index (χ2v) is 5.63. The van der Waals surface area contributed by atoms with Gasteiger partial charge < -0.3 is 5.32 Å². The van der Waals surface area contributed by atoms with Crippen molar-refractivity contribution in [3.8, 4) is 0 Å². The summed E-state index contributed by atoms with van der Waals surface area (Å²) in [5.41, 5.74) is -1.13. The molecular formula is C12H16BrF4NO2. The highest BCUT2D eigenvalue weighted by Crippen LogP contribution is 2.33. The molecule has 0 radical (unpaired) electrons. The van der Waals surface area contributed by atoms with E-state index >= 15 is 0 Å². The van der Waals surface area contributed by atoms with Crippen LogP contribution in [0.4, 0.5) is 17.6 Å². The molecule has 8 heteroatoms. The van der Waals surface area contributed by atoms with Gasteiger partial charge in [-0.2, -0.15) is 8.78 Å². The zero-order valence-electron chi connectivity index (χ0n) is 10.7. The number of halogens is 5. The number of alkyl halides is 5. The fourth-order valence-corrected chi connectivity index (χ4v) is 2.62. The van der Waals surface area contributed by atoms with E-state index in [1.807, 2.05) is 5.32 Å². The Hall–Kier alpha value is -0.660. The molecule has 1 saturated carbocycles. The third-order valence-electron chi connectivity index (χ3n) is 3.45. The summed E-state index contributed by atoms with van der Waals surface area (Å²) in [6, 6.07) is 0. The molecule has 0 atom stereocenters. The maximum Gasteiger partial charge on any atom is 0.383 e. The molecule has 1 aliphatic carbocycles. The lowest BCUT2D eigenvalue weighted by molar-refractivity contribution is -0.172. The first-order valence-electron chi connectivity index (χ1n) is 6.30. The first-order valence-corrected chi connectivity index (χ1v) is 7.42. The second kappa shape index (κ2) is 6.87. The van der Waals surface area contributed by atoms with Crippen molar-refractivity contribution in [2.45, 2.75) is 56.4 Å². The normalized spacial score (nSPS) is 18.9. The molecule has 0 spiro atoms. The van der Waals surface area contributed by atoms with Gasteiger partial charge in [-0.1, -0.05) is 35.2 Å². The van der Waals surface area contributed by atoms with Crippen LogP contribution in [-0.4, -0.2) is 34.9 Å². The van der Waals surface area contributed by atoms with Crippen LogP contribution in [0.3, 0.4) is 0 Å². The monoisotopic (exact) mass is 361 g/mol. The quantitative estimate of drug-likeness (QED) is 0.583. The maximum absolute atomic E-state index is 13.0. The van der Waals surface area contributed by atoms with Crippen molar-refractivity contribution >= 4 is 27.6 Å². The van der Waals surface area contributed by atoms with E-state index < -0.39 is 23.8 Å². The number of carbonyl (C=O) groups is 2. The van der Waals surface area contributed by atoms with Crippen molar-refractivity contribution in [2.75, 3.05) is 5.33 Å². The van der Waals surface area contributed by atoms with Crippen molar-refractivity contribution < 1.29 is 27.2 Å². The summed E-state index contributed by atoms with van der Waals surface area (Å²) in [7, 11) is 0. The number of hydrogen-bond acceptors (Lipinski definition) is 2. The minimum atomic E-state index is -4.73. The Morgan fingerprint density at radius 2 is 1.75 bits per heavy atom. The average molecular weight is 362 g/mol. The largest absolute Gasteiger partial charge is 0.383 e. The van der Waals surface area contributed by atoms with E-state index in [1.165, 1.54) is 0 Å². The van der Waals surface area contributed by atoms with Crippen molar-refractivity contribution in [1.29, 1.82) is 0 Å². The van der Waals surface area contributed by atoms with Crippen molar-refractivity contribution in [1.82, 2.24) is 5.32 Å². The minimum Gasteiger partial charge on any atom is -0.345 e. The van der Waals surface area contributed by atoms with E-state index in [4.69, 9.17) is 0 Å². The van der Waals surface area contributed by atoms with Crippen LogP contribution in [0.1, 0.15) is 38.5 Å². The van der Waals surface area contributed by atoms with E-state index in [2.05, 4.69) is 15.9 Å². The molecule has 1 aliphatic rings. The Morgan fingerprint density at radius 3 is 2.20 bits per heavy atom. The number of nitrogens with one attached hydrogen (secondary N) is 1. The van der Waals surface area contributed by atoms with E-state index in [1.54, 1.807) is 0 Å². The van der Waals surface area contributed by atoms with Crippen LogP contribution in [0.5, 0.6) is 0 Å². The number of amides is 1. The van der Waals surface area contributed by atoms with E-state index in [-0.39, 0.29) is 17.5 Å². The molecule has 1 N–H and O–H groups in total. The van der Waals surface area contributed by atoms with Crippen LogP contribution in [0, 0.1) is 0 Å². The lowest BCUT2D eigenvalue weighted by atomic mass is 9.78. The molecule has 0 aliphatic heterocycles. The molecule has 20 heavy (non-hydrogen) atoms. The second-order valence-electron chi connectivity index (χ2n) is 5.07. The summed E-state index contributed by atoms with van der Waals surface area (Å²) in [4.78, 5) is 22.9. The topological polar surface area (TPSA) is 46.2 Å². The van der Waals surface area contributed by atoms with Gasteiger partial charge in [0.15, 0.2) is 0 Å². The van der Waals surface area contributed by atoms with Crippen LogP contribution < -0.4 is 5.32 Å². The van der Waals surface area contributed by atoms with Crippen molar-refractivity contribution in [3.05, 3.63) is 0 Å². The first kappa shape index (κ1) is 17.4. The molecule has 0 unspecified atom stereocenters. The van der Waals surface area contributed by atoms with Gasteiger partial charge in [-0.3, -0.25) is 9.59 Å². The van der Waals surface area contributed by atoms with Gasteiger partial charge in [0.1, 0.15) is 5.78 Å². The van der Waals surface area contributed by atoms with Gasteiger partial charge >= 0.3 is 12.3 Å². The molecule has 116 valence electrons. The number of ketones is 1. The zero-order valence-corrected chi connectivity index (χ0v) is 12.3. The van der Waals surface area contributed by atoms with Crippen LogP contribution >= 0.6 is 15.9 Å². The molecule has 0 heterocycles. The fourth-order valence-electron chi connectivity index (χ4n) is 2.42. The Balaban J connectivity index is 2.84. The molecule has 0 aromatic rings. The minimum absolute atomic E-state index is 0.0376. The molecule has 0 aromatic heterocycles. The summed E-state index contributed by atoms with van der Waals surface area (Å²) in [5.74, 6) is -6.99. The standard InChI is InChI=1S/C12H16BrF4NO2/c13-7-8(19)6-11(4-2-1-3-5-11)18-10(20)12(16,17)9(14)15/h9H,1-7H2,(H,18,20). The van der Waals surface area contributed by atoms with Crippen LogP contribution in [0.2, 0.25) is 0 Å². The lowest BCUT2D eigenvalue weighted by Crippen LogP contribution is -2.57. The third kappa shape index (κ3) is 4.17. The van der Waals surface area contributed by atoms with Gasteiger partial charge in [0.2, 0.25) is 0 Å². The van der Waals surface area contributed by atoms with Gasteiger partial charge in [0.05, 0.1) is 5.33 Å². The molecule has 0 bridgehead atoms. The van der Waals surface area contributed by atoms with Crippen LogP contribution in [0.25, 0.3) is 0 Å². The Bertz CT molecular complexity index is 370. The van der Waals surface area contributed by atoms with Gasteiger partial charge in [-0.05, 0) is 12.8 Å². The van der Waals surface area contributed by atoms with E-state index in [0.29, 0.717) is 25.7 Å². The molecular weight excluding hydrogens is 346 g/mol. The number of rotatable bonds is 6. The predicted molar refractivity (Wildman–Crippen MR) is 68.3 cm³/mol. The summed E-state index contributed by atoms with van der Waals surface area (Å²) < 4.78 is 50.4. The summed E-state index contributed by atoms with van der Waals surface area (Å²) in [6.07, 6.45) is -1.30. The zero-order chi connectivity index (χ0) is 15.4. The van der Waals surface area contributed by atoms with Gasteiger partial charge in [0, 0.05) is 12.0 Å². The highest BCUT2D eigenvalue weighted by molar-refractivity contribution is 9.09.